The second-order valence-electron chi connectivity index (χ2n) is 4.38. The number of carbonyl (C=O) groups excluding carboxylic acids is 1. The number of tetrazole rings is 1. The number of H-pyrrole nitrogens is 2. The third-order valence-corrected chi connectivity index (χ3v) is 2.92. The number of hydrogen-bond acceptors (Lipinski definition) is 6. The van der Waals surface area contributed by atoms with Gasteiger partial charge in [-0.3, -0.25) is 9.89 Å². The molecule has 1 atom stereocenters. The molecular formula is C12H12N8O. The van der Waals surface area contributed by atoms with Crippen molar-refractivity contribution in [2.24, 2.45) is 0 Å². The molecule has 2 heterocycles. The summed E-state index contributed by atoms with van der Waals surface area (Å²) in [6.07, 6.45) is 1.40. The van der Waals surface area contributed by atoms with Gasteiger partial charge in [0.05, 0.1) is 6.04 Å². The molecule has 0 saturated heterocycles. The van der Waals surface area contributed by atoms with Crippen molar-refractivity contribution in [2.75, 3.05) is 0 Å². The molecule has 2 aromatic heterocycles. The van der Waals surface area contributed by atoms with Gasteiger partial charge in [-0.05, 0) is 24.3 Å². The highest BCUT2D eigenvalue weighted by molar-refractivity contribution is 5.95. The summed E-state index contributed by atoms with van der Waals surface area (Å²) in [4.78, 5) is 16.2. The molecule has 9 heteroatoms. The molecule has 9 nitrogen and oxygen atoms in total. The van der Waals surface area contributed by atoms with Gasteiger partial charge in [0.1, 0.15) is 12.2 Å². The first-order chi connectivity index (χ1) is 10.2. The minimum Gasteiger partial charge on any atom is -0.342 e. The van der Waals surface area contributed by atoms with Gasteiger partial charge < -0.3 is 5.32 Å². The van der Waals surface area contributed by atoms with Gasteiger partial charge >= 0.3 is 0 Å². The Morgan fingerprint density at radius 2 is 2.29 bits per heavy atom. The second kappa shape index (κ2) is 5.49. The minimum atomic E-state index is -0.270. The summed E-state index contributed by atoms with van der Waals surface area (Å²) >= 11 is 0. The Hall–Kier alpha value is -3.10. The summed E-state index contributed by atoms with van der Waals surface area (Å²) < 4.78 is 0. The van der Waals surface area contributed by atoms with Crippen molar-refractivity contribution < 1.29 is 4.79 Å². The van der Waals surface area contributed by atoms with Gasteiger partial charge in [-0.15, -0.1) is 10.2 Å². The topological polar surface area (TPSA) is 125 Å². The molecular weight excluding hydrogens is 272 g/mol. The summed E-state index contributed by atoms with van der Waals surface area (Å²) in [6, 6.07) is 6.72. The fourth-order valence-corrected chi connectivity index (χ4v) is 1.86. The van der Waals surface area contributed by atoms with E-state index in [1.807, 2.05) is 13.0 Å². The van der Waals surface area contributed by atoms with Gasteiger partial charge in [-0.2, -0.15) is 10.3 Å². The summed E-state index contributed by atoms with van der Waals surface area (Å²) in [5, 5.41) is 23.0. The molecule has 3 N–H and O–H groups in total. The summed E-state index contributed by atoms with van der Waals surface area (Å²) in [5.41, 5.74) is 1.22. The van der Waals surface area contributed by atoms with Gasteiger partial charge in [0.2, 0.25) is 5.82 Å². The lowest BCUT2D eigenvalue weighted by Gasteiger charge is -2.11. The van der Waals surface area contributed by atoms with E-state index in [-0.39, 0.29) is 11.9 Å². The van der Waals surface area contributed by atoms with Crippen LogP contribution in [0.15, 0.2) is 30.6 Å². The summed E-state index contributed by atoms with van der Waals surface area (Å²) in [6.45, 7) is 1.82. The molecule has 1 unspecified atom stereocenters. The predicted octanol–water partition coefficient (Wildman–Crippen LogP) is 0.476. The van der Waals surface area contributed by atoms with Gasteiger partial charge in [0, 0.05) is 11.1 Å². The van der Waals surface area contributed by atoms with Crippen LogP contribution in [0.1, 0.15) is 29.1 Å². The van der Waals surface area contributed by atoms with Crippen LogP contribution in [-0.2, 0) is 0 Å². The van der Waals surface area contributed by atoms with Crippen LogP contribution >= 0.6 is 0 Å². The Balaban J connectivity index is 1.77. The SMILES string of the molecule is CC(NC(=O)c1cccc(-c2nn[nH]n2)c1)c1ncn[nH]1. The number of carbonyl (C=O) groups is 1. The van der Waals surface area contributed by atoms with Gasteiger partial charge in [-0.25, -0.2) is 4.98 Å². The molecule has 106 valence electrons. The normalized spacial score (nSPS) is 12.0. The predicted molar refractivity (Wildman–Crippen MR) is 71.9 cm³/mol. The Labute approximate surface area is 119 Å². The van der Waals surface area contributed by atoms with Crippen molar-refractivity contribution in [3.63, 3.8) is 0 Å². The molecule has 0 spiro atoms. The van der Waals surface area contributed by atoms with Crippen LogP contribution in [0.5, 0.6) is 0 Å². The van der Waals surface area contributed by atoms with Crippen LogP contribution < -0.4 is 5.32 Å². The number of rotatable bonds is 4. The first-order valence-electron chi connectivity index (χ1n) is 6.24. The summed E-state index contributed by atoms with van der Waals surface area (Å²) in [5.74, 6) is 0.815. The third-order valence-electron chi connectivity index (χ3n) is 2.92. The van der Waals surface area contributed by atoms with Crippen LogP contribution in [0.4, 0.5) is 0 Å². The molecule has 3 rings (SSSR count). The number of aromatic amines is 2. The van der Waals surface area contributed by atoms with Crippen LogP contribution in [0, 0.1) is 0 Å². The second-order valence-corrected chi connectivity index (χ2v) is 4.38. The van der Waals surface area contributed by atoms with E-state index in [0.29, 0.717) is 22.8 Å². The number of aromatic nitrogens is 7. The molecule has 0 saturated carbocycles. The first-order valence-corrected chi connectivity index (χ1v) is 6.24. The smallest absolute Gasteiger partial charge is 0.251 e. The number of hydrogen-bond donors (Lipinski definition) is 3. The lowest BCUT2D eigenvalue weighted by molar-refractivity contribution is 0.0938. The van der Waals surface area contributed by atoms with Gasteiger partial charge in [0.15, 0.2) is 0 Å². The lowest BCUT2D eigenvalue weighted by Crippen LogP contribution is -2.27. The van der Waals surface area contributed by atoms with E-state index in [2.05, 4.69) is 41.1 Å². The van der Waals surface area contributed by atoms with Crippen molar-refractivity contribution in [2.45, 2.75) is 13.0 Å². The van der Waals surface area contributed by atoms with Gasteiger partial charge in [0.25, 0.3) is 5.91 Å². The molecule has 1 amide bonds. The van der Waals surface area contributed by atoms with E-state index in [1.165, 1.54) is 6.33 Å². The van der Waals surface area contributed by atoms with E-state index >= 15 is 0 Å². The quantitative estimate of drug-likeness (QED) is 0.639. The molecule has 3 aromatic rings. The van der Waals surface area contributed by atoms with Crippen molar-refractivity contribution in [1.29, 1.82) is 0 Å². The number of nitrogens with one attached hydrogen (secondary N) is 3. The van der Waals surface area contributed by atoms with Crippen molar-refractivity contribution >= 4 is 5.91 Å². The lowest BCUT2D eigenvalue weighted by atomic mass is 10.1. The van der Waals surface area contributed by atoms with Crippen LogP contribution in [-0.4, -0.2) is 41.7 Å². The van der Waals surface area contributed by atoms with E-state index in [4.69, 9.17) is 0 Å². The fourth-order valence-electron chi connectivity index (χ4n) is 1.86. The van der Waals surface area contributed by atoms with Gasteiger partial charge in [-0.1, -0.05) is 12.1 Å². The van der Waals surface area contributed by atoms with E-state index in [1.54, 1.807) is 18.2 Å². The summed E-state index contributed by atoms with van der Waals surface area (Å²) in [7, 11) is 0. The molecule has 0 aliphatic rings. The highest BCUT2D eigenvalue weighted by Crippen LogP contribution is 2.15. The largest absolute Gasteiger partial charge is 0.342 e. The van der Waals surface area contributed by atoms with Crippen LogP contribution in [0.3, 0.4) is 0 Å². The van der Waals surface area contributed by atoms with E-state index in [9.17, 15) is 4.79 Å². The van der Waals surface area contributed by atoms with Crippen LogP contribution in [0.2, 0.25) is 0 Å². The monoisotopic (exact) mass is 284 g/mol. The van der Waals surface area contributed by atoms with Crippen molar-refractivity contribution in [3.05, 3.63) is 42.0 Å². The zero-order valence-corrected chi connectivity index (χ0v) is 11.1. The zero-order chi connectivity index (χ0) is 14.7. The maximum atomic E-state index is 12.2. The molecule has 0 aliphatic heterocycles. The fraction of sp³-hybridized carbons (Fsp3) is 0.167. The minimum absolute atomic E-state index is 0.218. The number of benzene rings is 1. The average molecular weight is 284 g/mol. The molecule has 1 aromatic carbocycles. The van der Waals surface area contributed by atoms with Crippen molar-refractivity contribution in [1.82, 2.24) is 41.1 Å². The number of amides is 1. The molecule has 0 aliphatic carbocycles. The molecule has 0 bridgehead atoms. The molecule has 21 heavy (non-hydrogen) atoms. The maximum absolute atomic E-state index is 12.2. The molecule has 0 radical (unpaired) electrons. The maximum Gasteiger partial charge on any atom is 0.251 e. The van der Waals surface area contributed by atoms with Crippen LogP contribution in [0.25, 0.3) is 11.4 Å². The van der Waals surface area contributed by atoms with Crippen molar-refractivity contribution in [3.8, 4) is 11.4 Å². The molecule has 0 fully saturated rings. The highest BCUT2D eigenvalue weighted by Gasteiger charge is 2.14. The van der Waals surface area contributed by atoms with E-state index < -0.39 is 0 Å². The number of nitrogens with zero attached hydrogens (tertiary/aromatic N) is 5. The average Bonchev–Trinajstić information content (AvgIpc) is 3.20. The first kappa shape index (κ1) is 12.9. The third kappa shape index (κ3) is 2.76. The zero-order valence-electron chi connectivity index (χ0n) is 11.1. The Bertz CT molecular complexity index is 722. The van der Waals surface area contributed by atoms with E-state index in [0.717, 1.165) is 0 Å². The standard InChI is InChI=1S/C12H12N8O/c1-7(10-13-6-14-16-10)15-12(21)9-4-2-3-8(5-9)11-17-19-20-18-11/h2-7H,1H3,(H,15,21)(H,13,14,16)(H,17,18,19,20). The highest BCUT2D eigenvalue weighted by atomic mass is 16.1. The Morgan fingerprint density at radius 3 is 3.00 bits per heavy atom. The Kier molecular flexibility index (Phi) is 3.37. The Morgan fingerprint density at radius 1 is 1.38 bits per heavy atom.